The molecule has 0 fully saturated rings. The summed E-state index contributed by atoms with van der Waals surface area (Å²) in [5.41, 5.74) is 5.19. The van der Waals surface area contributed by atoms with Crippen molar-refractivity contribution in [3.05, 3.63) is 0 Å². The van der Waals surface area contributed by atoms with E-state index in [1.54, 1.807) is 7.05 Å². The summed E-state index contributed by atoms with van der Waals surface area (Å²) >= 11 is 1.45. The molecule has 0 aliphatic carbocycles. The van der Waals surface area contributed by atoms with Crippen molar-refractivity contribution in [3.63, 3.8) is 0 Å². The zero-order valence-corrected chi connectivity index (χ0v) is 7.68. The SMILES string of the molecule is CN=C(N)SC.O=S(=O)(O)O. The molecular formula is C3H10N2O4S2. The topological polar surface area (TPSA) is 113 Å². The third-order valence-electron chi connectivity index (χ3n) is 0.430. The van der Waals surface area contributed by atoms with Gasteiger partial charge in [-0.3, -0.25) is 14.1 Å². The van der Waals surface area contributed by atoms with Crippen LogP contribution in [0.4, 0.5) is 0 Å². The molecule has 0 spiro atoms. The largest absolute Gasteiger partial charge is 0.394 e. The summed E-state index contributed by atoms with van der Waals surface area (Å²) < 4.78 is 31.6. The van der Waals surface area contributed by atoms with Gasteiger partial charge in [0.05, 0.1) is 0 Å². The van der Waals surface area contributed by atoms with Crippen LogP contribution < -0.4 is 5.73 Å². The van der Waals surface area contributed by atoms with E-state index in [1.807, 2.05) is 6.26 Å². The highest BCUT2D eigenvalue weighted by Crippen LogP contribution is 1.86. The molecule has 4 N–H and O–H groups in total. The second kappa shape index (κ2) is 6.40. The molecular weight excluding hydrogens is 192 g/mol. The average Bonchev–Trinajstić information content (AvgIpc) is 1.83. The second-order valence-electron chi connectivity index (χ2n) is 1.21. The highest BCUT2D eigenvalue weighted by Gasteiger charge is 1.84. The van der Waals surface area contributed by atoms with Crippen LogP contribution in [0, 0.1) is 0 Å². The van der Waals surface area contributed by atoms with Gasteiger partial charge in [0.15, 0.2) is 5.17 Å². The first-order chi connectivity index (χ1) is 4.81. The summed E-state index contributed by atoms with van der Waals surface area (Å²) in [4.78, 5) is 3.66. The van der Waals surface area contributed by atoms with Crippen molar-refractivity contribution in [3.8, 4) is 0 Å². The molecule has 68 valence electrons. The molecule has 0 saturated carbocycles. The van der Waals surface area contributed by atoms with Crippen molar-refractivity contribution in [1.29, 1.82) is 0 Å². The summed E-state index contributed by atoms with van der Waals surface area (Å²) in [5, 5.41) is 0.634. The van der Waals surface area contributed by atoms with E-state index in [4.69, 9.17) is 23.3 Å². The van der Waals surface area contributed by atoms with Gasteiger partial charge in [0.1, 0.15) is 0 Å². The number of thioether (sulfide) groups is 1. The van der Waals surface area contributed by atoms with Crippen molar-refractivity contribution in [2.75, 3.05) is 13.3 Å². The Morgan fingerprint density at radius 3 is 1.82 bits per heavy atom. The summed E-state index contributed by atoms with van der Waals surface area (Å²) in [6, 6.07) is 0. The lowest BCUT2D eigenvalue weighted by Crippen LogP contribution is -2.03. The molecule has 0 amide bonds. The number of nitrogens with zero attached hydrogens (tertiary/aromatic N) is 1. The van der Waals surface area contributed by atoms with Gasteiger partial charge in [-0.25, -0.2) is 0 Å². The number of hydrogen-bond acceptors (Lipinski definition) is 4. The Balaban J connectivity index is 0. The van der Waals surface area contributed by atoms with Gasteiger partial charge in [0.25, 0.3) is 0 Å². The van der Waals surface area contributed by atoms with Gasteiger partial charge in [-0.15, -0.1) is 0 Å². The Labute approximate surface area is 69.5 Å². The summed E-state index contributed by atoms with van der Waals surface area (Å²) in [6.45, 7) is 0. The highest BCUT2D eigenvalue weighted by molar-refractivity contribution is 8.13. The molecule has 0 saturated heterocycles. The van der Waals surface area contributed by atoms with Crippen LogP contribution >= 0.6 is 11.8 Å². The minimum atomic E-state index is -4.67. The molecule has 0 bridgehead atoms. The first-order valence-electron chi connectivity index (χ1n) is 2.27. The van der Waals surface area contributed by atoms with Gasteiger partial charge in [-0.2, -0.15) is 8.42 Å². The summed E-state index contributed by atoms with van der Waals surface area (Å²) in [5.74, 6) is 0. The maximum absolute atomic E-state index is 8.74. The molecule has 8 heteroatoms. The van der Waals surface area contributed by atoms with Crippen LogP contribution in [0.3, 0.4) is 0 Å². The third kappa shape index (κ3) is 42.1. The molecule has 0 aliphatic rings. The van der Waals surface area contributed by atoms with E-state index >= 15 is 0 Å². The predicted octanol–water partition coefficient (Wildman–Crippen LogP) is -0.359. The molecule has 6 nitrogen and oxygen atoms in total. The smallest absolute Gasteiger partial charge is 0.379 e. The van der Waals surface area contributed by atoms with Crippen LogP contribution in [0.1, 0.15) is 0 Å². The van der Waals surface area contributed by atoms with Gasteiger partial charge < -0.3 is 5.73 Å². The van der Waals surface area contributed by atoms with E-state index in [2.05, 4.69) is 4.99 Å². The quantitative estimate of drug-likeness (QED) is 0.281. The first-order valence-corrected chi connectivity index (χ1v) is 4.89. The molecule has 0 radical (unpaired) electrons. The highest BCUT2D eigenvalue weighted by atomic mass is 32.3. The Bertz CT molecular complexity index is 201. The minimum absolute atomic E-state index is 0.634. The fourth-order valence-electron chi connectivity index (χ4n) is 0.0913. The number of hydrogen-bond donors (Lipinski definition) is 3. The van der Waals surface area contributed by atoms with Crippen LogP contribution in [0.25, 0.3) is 0 Å². The average molecular weight is 202 g/mol. The van der Waals surface area contributed by atoms with E-state index < -0.39 is 10.4 Å². The number of aliphatic imine (C=N–C) groups is 1. The lowest BCUT2D eigenvalue weighted by molar-refractivity contribution is 0.381. The predicted molar refractivity (Wildman–Crippen MR) is 45.2 cm³/mol. The van der Waals surface area contributed by atoms with E-state index in [1.165, 1.54) is 11.8 Å². The van der Waals surface area contributed by atoms with Gasteiger partial charge in [0, 0.05) is 7.05 Å². The zero-order chi connectivity index (χ0) is 9.49. The number of amidine groups is 1. The molecule has 0 aromatic heterocycles. The van der Waals surface area contributed by atoms with Gasteiger partial charge in [-0.05, 0) is 6.26 Å². The van der Waals surface area contributed by atoms with Crippen molar-refractivity contribution >= 4 is 27.3 Å². The maximum Gasteiger partial charge on any atom is 0.394 e. The molecule has 0 rings (SSSR count). The van der Waals surface area contributed by atoms with Crippen LogP contribution in [0.2, 0.25) is 0 Å². The molecule has 0 atom stereocenters. The Morgan fingerprint density at radius 2 is 1.82 bits per heavy atom. The number of nitrogens with two attached hydrogens (primary N) is 1. The monoisotopic (exact) mass is 202 g/mol. The van der Waals surface area contributed by atoms with E-state index in [-0.39, 0.29) is 0 Å². The van der Waals surface area contributed by atoms with Crippen LogP contribution in [-0.2, 0) is 10.4 Å². The Hall–Kier alpha value is -0.310. The molecule has 0 unspecified atom stereocenters. The van der Waals surface area contributed by atoms with E-state index in [9.17, 15) is 0 Å². The fraction of sp³-hybridized carbons (Fsp3) is 0.667. The first kappa shape index (κ1) is 13.3. The summed E-state index contributed by atoms with van der Waals surface area (Å²) in [6.07, 6.45) is 1.89. The molecule has 11 heavy (non-hydrogen) atoms. The lowest BCUT2D eigenvalue weighted by Gasteiger charge is -1.84. The third-order valence-corrected chi connectivity index (χ3v) is 1.03. The summed E-state index contributed by atoms with van der Waals surface area (Å²) in [7, 11) is -2.99. The van der Waals surface area contributed by atoms with Gasteiger partial charge in [-0.1, -0.05) is 11.8 Å². The van der Waals surface area contributed by atoms with Crippen LogP contribution in [0.15, 0.2) is 4.99 Å². The maximum atomic E-state index is 8.74. The molecule has 0 aliphatic heterocycles. The fourth-order valence-corrected chi connectivity index (χ4v) is 0.274. The lowest BCUT2D eigenvalue weighted by atomic mass is 11.3. The van der Waals surface area contributed by atoms with Gasteiger partial charge in [0.2, 0.25) is 0 Å². The molecule has 0 aromatic rings. The van der Waals surface area contributed by atoms with E-state index in [0.29, 0.717) is 5.17 Å². The van der Waals surface area contributed by atoms with Crippen molar-refractivity contribution < 1.29 is 17.5 Å². The van der Waals surface area contributed by atoms with Crippen LogP contribution in [-0.4, -0.2) is 36.0 Å². The Morgan fingerprint density at radius 1 is 1.55 bits per heavy atom. The second-order valence-corrected chi connectivity index (χ2v) is 2.94. The van der Waals surface area contributed by atoms with E-state index in [0.717, 1.165) is 0 Å². The van der Waals surface area contributed by atoms with Crippen molar-refractivity contribution in [1.82, 2.24) is 0 Å². The standard InChI is InChI=1S/C3H8N2S.H2O4S/c1-5-3(4)6-2;1-5(2,3)4/h1-2H3,(H2,4,5);(H2,1,2,3,4). The van der Waals surface area contributed by atoms with Gasteiger partial charge >= 0.3 is 10.4 Å². The van der Waals surface area contributed by atoms with Crippen molar-refractivity contribution in [2.24, 2.45) is 10.7 Å². The zero-order valence-electron chi connectivity index (χ0n) is 6.05. The van der Waals surface area contributed by atoms with Crippen molar-refractivity contribution in [2.45, 2.75) is 0 Å². The number of rotatable bonds is 0. The molecule has 0 aromatic carbocycles. The molecule has 0 heterocycles. The Kier molecular flexibility index (Phi) is 7.74. The van der Waals surface area contributed by atoms with Crippen LogP contribution in [0.5, 0.6) is 0 Å². The normalized spacial score (nSPS) is 11.8. The minimum Gasteiger partial charge on any atom is -0.379 e.